The Bertz CT molecular complexity index is 1090. The van der Waals surface area contributed by atoms with Gasteiger partial charge in [-0.25, -0.2) is 9.59 Å². The maximum Gasteiger partial charge on any atom is 0.412 e. The summed E-state index contributed by atoms with van der Waals surface area (Å²) in [7, 11) is -1.16. The lowest BCUT2D eigenvalue weighted by molar-refractivity contribution is 0.0624. The Morgan fingerprint density at radius 3 is 1.37 bits per heavy atom. The summed E-state index contributed by atoms with van der Waals surface area (Å²) in [5.74, 6) is 0. The number of benzene rings is 3. The molecular weight excluding hydrogens is 459 g/mol. The number of nitrogens with one attached hydrogen (secondary N) is 2. The molecule has 0 atom stereocenters. The predicted octanol–water partition coefficient (Wildman–Crippen LogP) is 6.14. The average Bonchev–Trinajstić information content (AvgIpc) is 2.74. The number of ether oxygens (including phenoxy) is 2. The molecule has 7 heteroatoms. The quantitative estimate of drug-likeness (QED) is 0.420. The van der Waals surface area contributed by atoms with Crippen molar-refractivity contribution < 1.29 is 19.1 Å². The van der Waals surface area contributed by atoms with Gasteiger partial charge in [0.25, 0.3) is 0 Å². The summed E-state index contributed by atoms with van der Waals surface area (Å²) >= 11 is 0. The molecule has 0 aliphatic rings. The molecule has 0 aromatic heterocycles. The second-order valence-corrected chi connectivity index (χ2v) is 12.1. The summed E-state index contributed by atoms with van der Waals surface area (Å²) in [6.45, 7) is 11.0. The monoisotopic (exact) mass is 492 g/mol. The zero-order chi connectivity index (χ0) is 25.6. The van der Waals surface area contributed by atoms with Crippen LogP contribution in [0.5, 0.6) is 0 Å². The zero-order valence-electron chi connectivity index (χ0n) is 21.1. The van der Waals surface area contributed by atoms with Crippen molar-refractivity contribution in [3.8, 4) is 0 Å². The van der Waals surface area contributed by atoms with Crippen molar-refractivity contribution in [2.75, 3.05) is 10.6 Å². The molecule has 35 heavy (non-hydrogen) atoms. The average molecular weight is 493 g/mol. The van der Waals surface area contributed by atoms with E-state index < -0.39 is 31.3 Å². The number of carbonyl (C=O) groups is 2. The number of rotatable bonds is 5. The molecule has 0 bridgehead atoms. The normalized spacial score (nSPS) is 11.6. The molecule has 2 amide bonds. The fourth-order valence-corrected chi connectivity index (χ4v) is 5.86. The molecule has 0 heterocycles. The van der Waals surface area contributed by atoms with Crippen LogP contribution >= 0.6 is 7.92 Å². The minimum absolute atomic E-state index is 0.520. The molecule has 184 valence electrons. The van der Waals surface area contributed by atoms with Gasteiger partial charge in [-0.15, -0.1) is 0 Å². The molecule has 0 saturated carbocycles. The van der Waals surface area contributed by atoms with Gasteiger partial charge in [0.2, 0.25) is 0 Å². The highest BCUT2D eigenvalue weighted by molar-refractivity contribution is 7.80. The van der Waals surface area contributed by atoms with E-state index in [2.05, 4.69) is 22.8 Å². The van der Waals surface area contributed by atoms with Gasteiger partial charge in [0, 0.05) is 10.6 Å². The van der Waals surface area contributed by atoms with E-state index in [1.807, 2.05) is 108 Å². The molecule has 0 aliphatic heterocycles. The summed E-state index contributed by atoms with van der Waals surface area (Å²) in [4.78, 5) is 25.2. The maximum absolute atomic E-state index is 12.6. The van der Waals surface area contributed by atoms with Gasteiger partial charge in [-0.2, -0.15) is 0 Å². The number of anilines is 2. The Kier molecular flexibility index (Phi) is 8.18. The first kappa shape index (κ1) is 26.2. The van der Waals surface area contributed by atoms with Gasteiger partial charge in [0.15, 0.2) is 0 Å². The van der Waals surface area contributed by atoms with E-state index in [9.17, 15) is 9.59 Å². The fraction of sp³-hybridized carbons (Fsp3) is 0.286. The molecule has 0 radical (unpaired) electrons. The SMILES string of the molecule is CC(C)(C)OC(=O)Nc1ccccc1P(c1ccccc1)c1ccccc1NC(=O)OC(C)(C)C. The van der Waals surface area contributed by atoms with Crippen LogP contribution < -0.4 is 26.5 Å². The number of para-hydroxylation sites is 2. The van der Waals surface area contributed by atoms with Crippen molar-refractivity contribution in [2.45, 2.75) is 52.7 Å². The van der Waals surface area contributed by atoms with Crippen LogP contribution in [0.25, 0.3) is 0 Å². The molecule has 0 unspecified atom stereocenters. The molecule has 3 rings (SSSR count). The Balaban J connectivity index is 2.07. The van der Waals surface area contributed by atoms with Crippen molar-refractivity contribution in [2.24, 2.45) is 0 Å². The lowest BCUT2D eigenvalue weighted by Crippen LogP contribution is -2.31. The third kappa shape index (κ3) is 7.83. The van der Waals surface area contributed by atoms with Gasteiger partial charge in [0.1, 0.15) is 11.2 Å². The van der Waals surface area contributed by atoms with E-state index in [1.54, 1.807) is 0 Å². The molecule has 0 spiro atoms. The molecule has 3 aromatic rings. The van der Waals surface area contributed by atoms with Crippen LogP contribution in [-0.2, 0) is 9.47 Å². The van der Waals surface area contributed by atoms with Gasteiger partial charge < -0.3 is 9.47 Å². The first-order valence-corrected chi connectivity index (χ1v) is 12.8. The third-order valence-corrected chi connectivity index (χ3v) is 7.13. The Hall–Kier alpha value is -3.37. The largest absolute Gasteiger partial charge is 0.444 e. The van der Waals surface area contributed by atoms with E-state index in [-0.39, 0.29) is 0 Å². The van der Waals surface area contributed by atoms with Crippen molar-refractivity contribution in [1.82, 2.24) is 0 Å². The molecule has 6 nitrogen and oxygen atoms in total. The highest BCUT2D eigenvalue weighted by Gasteiger charge is 2.25. The maximum atomic E-state index is 12.6. The third-order valence-electron chi connectivity index (χ3n) is 4.58. The molecule has 0 aliphatic carbocycles. The molecule has 3 aromatic carbocycles. The van der Waals surface area contributed by atoms with Gasteiger partial charge in [-0.1, -0.05) is 66.7 Å². The molecule has 2 N–H and O–H groups in total. The predicted molar refractivity (Wildman–Crippen MR) is 145 cm³/mol. The standard InChI is InChI=1S/C28H33N2O4P/c1-27(2,3)33-25(31)29-21-16-10-12-18-23(21)35(20-14-8-7-9-15-20)24-19-13-11-17-22(24)30-26(32)34-28(4,5)6/h7-19H,1-6H3,(H,29,31)(H,30,32). The van der Waals surface area contributed by atoms with E-state index in [0.29, 0.717) is 11.4 Å². The van der Waals surface area contributed by atoms with Gasteiger partial charge in [-0.05, 0) is 66.9 Å². The highest BCUT2D eigenvalue weighted by Crippen LogP contribution is 2.38. The van der Waals surface area contributed by atoms with Crippen molar-refractivity contribution in [1.29, 1.82) is 0 Å². The Morgan fingerprint density at radius 2 is 0.971 bits per heavy atom. The summed E-state index contributed by atoms with van der Waals surface area (Å²) < 4.78 is 11.0. The van der Waals surface area contributed by atoms with Crippen LogP contribution in [-0.4, -0.2) is 23.4 Å². The molecule has 0 fully saturated rings. The van der Waals surface area contributed by atoms with Crippen LogP contribution in [0.3, 0.4) is 0 Å². The lowest BCUT2D eigenvalue weighted by atomic mass is 10.2. The van der Waals surface area contributed by atoms with Crippen LogP contribution in [0.15, 0.2) is 78.9 Å². The van der Waals surface area contributed by atoms with E-state index in [4.69, 9.17) is 9.47 Å². The summed E-state index contributed by atoms with van der Waals surface area (Å²) in [6.07, 6.45) is -1.04. The van der Waals surface area contributed by atoms with Crippen molar-refractivity contribution in [3.05, 3.63) is 78.9 Å². The summed E-state index contributed by atoms with van der Waals surface area (Å²) in [5.41, 5.74) is 0.0767. The van der Waals surface area contributed by atoms with E-state index in [1.165, 1.54) is 0 Å². The van der Waals surface area contributed by atoms with E-state index in [0.717, 1.165) is 15.9 Å². The number of carbonyl (C=O) groups excluding carboxylic acids is 2. The second-order valence-electron chi connectivity index (χ2n) is 9.96. The smallest absolute Gasteiger partial charge is 0.412 e. The number of hydrogen-bond acceptors (Lipinski definition) is 4. The Morgan fingerprint density at radius 1 is 0.600 bits per heavy atom. The first-order valence-electron chi connectivity index (χ1n) is 11.5. The first-order chi connectivity index (χ1) is 16.4. The van der Waals surface area contributed by atoms with Crippen LogP contribution in [0.4, 0.5) is 21.0 Å². The van der Waals surface area contributed by atoms with Crippen LogP contribution in [0.2, 0.25) is 0 Å². The number of hydrogen-bond donors (Lipinski definition) is 2. The van der Waals surface area contributed by atoms with Gasteiger partial charge in [-0.3, -0.25) is 10.6 Å². The minimum atomic E-state index is -1.16. The number of amides is 2. The van der Waals surface area contributed by atoms with Crippen LogP contribution in [0, 0.1) is 0 Å². The van der Waals surface area contributed by atoms with Gasteiger partial charge in [0.05, 0.1) is 11.4 Å². The lowest BCUT2D eigenvalue weighted by Gasteiger charge is -2.26. The van der Waals surface area contributed by atoms with Crippen molar-refractivity contribution in [3.63, 3.8) is 0 Å². The zero-order valence-corrected chi connectivity index (χ0v) is 22.0. The van der Waals surface area contributed by atoms with Crippen LogP contribution in [0.1, 0.15) is 41.5 Å². The van der Waals surface area contributed by atoms with Gasteiger partial charge >= 0.3 is 12.2 Å². The summed E-state index contributed by atoms with van der Waals surface area (Å²) in [6, 6.07) is 25.4. The summed E-state index contributed by atoms with van der Waals surface area (Å²) in [5, 5.41) is 8.77. The second kappa shape index (κ2) is 10.9. The molecular formula is C28H33N2O4P. The highest BCUT2D eigenvalue weighted by atomic mass is 31.1. The fourth-order valence-electron chi connectivity index (χ4n) is 3.36. The van der Waals surface area contributed by atoms with E-state index >= 15 is 0 Å². The minimum Gasteiger partial charge on any atom is -0.444 e. The van der Waals surface area contributed by atoms with Crippen molar-refractivity contribution >= 4 is 47.4 Å². The Labute approximate surface area is 208 Å². The molecule has 0 saturated heterocycles. The topological polar surface area (TPSA) is 76.7 Å².